The maximum atomic E-state index is 11.8. The molecule has 0 bridgehead atoms. The number of benzene rings is 1. The minimum Gasteiger partial charge on any atom is -0.465 e. The molecule has 0 atom stereocenters. The van der Waals surface area contributed by atoms with Crippen molar-refractivity contribution in [2.45, 2.75) is 19.8 Å². The number of rotatable bonds is 8. The van der Waals surface area contributed by atoms with Gasteiger partial charge in [0.05, 0.1) is 12.4 Å². The molecule has 0 aliphatic rings. The van der Waals surface area contributed by atoms with Crippen LogP contribution in [0.25, 0.3) is 0 Å². The third-order valence-electron chi connectivity index (χ3n) is 2.38. The summed E-state index contributed by atoms with van der Waals surface area (Å²) in [4.78, 5) is 22.9. The summed E-state index contributed by atoms with van der Waals surface area (Å²) >= 11 is 4.84. The Morgan fingerprint density at radius 3 is 2.58 bits per heavy atom. The van der Waals surface area contributed by atoms with E-state index >= 15 is 0 Å². The van der Waals surface area contributed by atoms with E-state index in [0.29, 0.717) is 18.8 Å². The molecule has 0 amide bonds. The number of halogens is 1. The molecule has 19 heavy (non-hydrogen) atoms. The molecule has 1 aromatic rings. The number of Topliss-reactive ketones (excluding diaryl/α,β-unsaturated/α-hetero) is 1. The first-order chi connectivity index (χ1) is 9.13. The lowest BCUT2D eigenvalue weighted by molar-refractivity contribution is -0.139. The molecule has 0 saturated heterocycles. The van der Waals surface area contributed by atoms with Gasteiger partial charge in [0.1, 0.15) is 0 Å². The molecule has 1 rings (SSSR count). The number of ether oxygens (including phenoxy) is 1. The first-order valence-corrected chi connectivity index (χ1v) is 8.10. The predicted molar refractivity (Wildman–Crippen MR) is 81.7 cm³/mol. The van der Waals surface area contributed by atoms with Crippen molar-refractivity contribution in [1.82, 2.24) is 0 Å². The van der Waals surface area contributed by atoms with Gasteiger partial charge < -0.3 is 4.74 Å². The summed E-state index contributed by atoms with van der Waals surface area (Å²) < 4.78 is 5.79. The molecular weight excluding hydrogens is 328 g/mol. The highest BCUT2D eigenvalue weighted by Crippen LogP contribution is 2.13. The Balaban J connectivity index is 2.17. The van der Waals surface area contributed by atoms with Gasteiger partial charge in [-0.3, -0.25) is 9.59 Å². The van der Waals surface area contributed by atoms with Crippen LogP contribution in [0.4, 0.5) is 0 Å². The number of esters is 1. The van der Waals surface area contributed by atoms with Gasteiger partial charge in [-0.05, 0) is 31.2 Å². The molecule has 0 saturated carbocycles. The maximum Gasteiger partial charge on any atom is 0.315 e. The van der Waals surface area contributed by atoms with Gasteiger partial charge >= 0.3 is 5.97 Å². The number of thioether (sulfide) groups is 1. The monoisotopic (exact) mass is 344 g/mol. The highest BCUT2D eigenvalue weighted by Gasteiger charge is 2.06. The Kier molecular flexibility index (Phi) is 7.82. The molecule has 0 aliphatic carbocycles. The summed E-state index contributed by atoms with van der Waals surface area (Å²) in [6.45, 7) is 2.21. The Morgan fingerprint density at radius 2 is 1.95 bits per heavy atom. The molecule has 1 aromatic carbocycles. The Bertz CT molecular complexity index is 417. The third-order valence-corrected chi connectivity index (χ3v) is 3.93. The zero-order chi connectivity index (χ0) is 14.1. The van der Waals surface area contributed by atoms with Crippen LogP contribution in [0, 0.1) is 0 Å². The molecular formula is C14H17BrO3S. The maximum absolute atomic E-state index is 11.8. The van der Waals surface area contributed by atoms with Crippen molar-refractivity contribution in [3.8, 4) is 0 Å². The molecule has 104 valence electrons. The fourth-order valence-electron chi connectivity index (χ4n) is 1.47. The normalized spacial score (nSPS) is 10.2. The molecule has 0 aliphatic heterocycles. The van der Waals surface area contributed by atoms with E-state index in [1.165, 1.54) is 11.8 Å². The van der Waals surface area contributed by atoms with Crippen LogP contribution in [-0.2, 0) is 9.53 Å². The number of carbonyl (C=O) groups is 2. The van der Waals surface area contributed by atoms with Gasteiger partial charge in [-0.25, -0.2) is 0 Å². The number of hydrogen-bond acceptors (Lipinski definition) is 4. The average molecular weight is 345 g/mol. The van der Waals surface area contributed by atoms with Crippen LogP contribution in [0.2, 0.25) is 0 Å². The molecule has 0 aromatic heterocycles. The number of carbonyl (C=O) groups excluding carboxylic acids is 2. The minimum atomic E-state index is -0.188. The topological polar surface area (TPSA) is 43.4 Å². The summed E-state index contributed by atoms with van der Waals surface area (Å²) in [5, 5.41) is 0. The molecule has 0 spiro atoms. The number of ketones is 1. The van der Waals surface area contributed by atoms with Crippen molar-refractivity contribution in [1.29, 1.82) is 0 Å². The zero-order valence-corrected chi connectivity index (χ0v) is 13.3. The quantitative estimate of drug-likeness (QED) is 0.409. The molecule has 5 heteroatoms. The molecule has 0 radical (unpaired) electrons. The van der Waals surface area contributed by atoms with Gasteiger partial charge in [0.15, 0.2) is 5.78 Å². The zero-order valence-electron chi connectivity index (χ0n) is 10.9. The summed E-state index contributed by atoms with van der Waals surface area (Å²) in [5.74, 6) is 1.11. The first-order valence-electron chi connectivity index (χ1n) is 6.15. The second-order valence-electron chi connectivity index (χ2n) is 3.89. The van der Waals surface area contributed by atoms with E-state index in [0.717, 1.165) is 22.2 Å². The highest BCUT2D eigenvalue weighted by molar-refractivity contribution is 9.10. The van der Waals surface area contributed by atoms with E-state index in [9.17, 15) is 9.59 Å². The first kappa shape index (κ1) is 16.2. The lowest BCUT2D eigenvalue weighted by atomic mass is 10.1. The second kappa shape index (κ2) is 9.15. The summed E-state index contributed by atoms with van der Waals surface area (Å²) in [5.41, 5.74) is 0.735. The van der Waals surface area contributed by atoms with Crippen LogP contribution < -0.4 is 0 Å². The van der Waals surface area contributed by atoms with Gasteiger partial charge in [0.2, 0.25) is 0 Å². The van der Waals surface area contributed by atoms with Gasteiger partial charge in [0, 0.05) is 16.5 Å². The van der Waals surface area contributed by atoms with Crippen molar-refractivity contribution >= 4 is 39.4 Å². The fraction of sp³-hybridized carbons (Fsp3) is 0.429. The van der Waals surface area contributed by atoms with E-state index in [2.05, 4.69) is 15.9 Å². The van der Waals surface area contributed by atoms with Gasteiger partial charge in [-0.15, -0.1) is 0 Å². The van der Waals surface area contributed by atoms with Crippen molar-refractivity contribution in [3.63, 3.8) is 0 Å². The van der Waals surface area contributed by atoms with Crippen LogP contribution in [0.3, 0.4) is 0 Å². The van der Waals surface area contributed by atoms with Gasteiger partial charge in [0.25, 0.3) is 0 Å². The molecule has 0 N–H and O–H groups in total. The van der Waals surface area contributed by atoms with Crippen LogP contribution in [-0.4, -0.2) is 29.9 Å². The predicted octanol–water partition coefficient (Wildman–Crippen LogP) is 3.71. The Morgan fingerprint density at radius 1 is 1.26 bits per heavy atom. The summed E-state index contributed by atoms with van der Waals surface area (Å²) in [6.07, 6.45) is 1.29. The third kappa shape index (κ3) is 6.78. The SMILES string of the molecule is CCOC(=O)CSCCCC(=O)c1ccc(Br)cc1. The largest absolute Gasteiger partial charge is 0.465 e. The average Bonchev–Trinajstić information content (AvgIpc) is 2.39. The lowest BCUT2D eigenvalue weighted by Crippen LogP contribution is -2.07. The van der Waals surface area contributed by atoms with E-state index in [1.807, 2.05) is 24.3 Å². The van der Waals surface area contributed by atoms with E-state index in [-0.39, 0.29) is 11.8 Å². The van der Waals surface area contributed by atoms with Crippen LogP contribution in [0.5, 0.6) is 0 Å². The van der Waals surface area contributed by atoms with Crippen molar-refractivity contribution < 1.29 is 14.3 Å². The Labute approximate surface area is 126 Å². The van der Waals surface area contributed by atoms with E-state index in [4.69, 9.17) is 4.74 Å². The second-order valence-corrected chi connectivity index (χ2v) is 5.91. The van der Waals surface area contributed by atoms with Crippen LogP contribution >= 0.6 is 27.7 Å². The minimum absolute atomic E-state index is 0.143. The van der Waals surface area contributed by atoms with Crippen molar-refractivity contribution in [3.05, 3.63) is 34.3 Å². The van der Waals surface area contributed by atoms with E-state index in [1.54, 1.807) is 6.92 Å². The smallest absolute Gasteiger partial charge is 0.315 e. The van der Waals surface area contributed by atoms with Crippen LogP contribution in [0.1, 0.15) is 30.1 Å². The van der Waals surface area contributed by atoms with Gasteiger partial charge in [-0.2, -0.15) is 11.8 Å². The van der Waals surface area contributed by atoms with E-state index < -0.39 is 0 Å². The fourth-order valence-corrected chi connectivity index (χ4v) is 2.48. The van der Waals surface area contributed by atoms with Gasteiger partial charge in [-0.1, -0.05) is 28.1 Å². The molecule has 3 nitrogen and oxygen atoms in total. The van der Waals surface area contributed by atoms with Crippen molar-refractivity contribution in [2.24, 2.45) is 0 Å². The number of hydrogen-bond donors (Lipinski definition) is 0. The summed E-state index contributed by atoms with van der Waals surface area (Å²) in [6, 6.07) is 7.36. The molecule has 0 unspecified atom stereocenters. The van der Waals surface area contributed by atoms with Crippen LogP contribution in [0.15, 0.2) is 28.7 Å². The molecule has 0 heterocycles. The van der Waals surface area contributed by atoms with Crippen molar-refractivity contribution in [2.75, 3.05) is 18.1 Å². The summed E-state index contributed by atoms with van der Waals surface area (Å²) in [7, 11) is 0. The molecule has 0 fully saturated rings. The highest BCUT2D eigenvalue weighted by atomic mass is 79.9. The Hall–Kier alpha value is -0.810. The standard InChI is InChI=1S/C14H17BrO3S/c1-2-18-14(17)10-19-9-3-4-13(16)11-5-7-12(15)8-6-11/h5-8H,2-4,9-10H2,1H3. The lowest BCUT2D eigenvalue weighted by Gasteiger charge is -2.03.